The van der Waals surface area contributed by atoms with E-state index < -0.39 is 0 Å². The first-order chi connectivity index (χ1) is 10.2. The summed E-state index contributed by atoms with van der Waals surface area (Å²) < 4.78 is 5.60. The molecule has 3 unspecified atom stereocenters. The van der Waals surface area contributed by atoms with Crippen LogP contribution >= 0.6 is 0 Å². The molecule has 3 heterocycles. The van der Waals surface area contributed by atoms with Gasteiger partial charge in [0.05, 0.1) is 12.7 Å². The normalized spacial score (nSPS) is 29.9. The maximum atomic E-state index is 10.3. The summed E-state index contributed by atoms with van der Waals surface area (Å²) >= 11 is 0. The van der Waals surface area contributed by atoms with Crippen LogP contribution in [0.1, 0.15) is 37.7 Å². The van der Waals surface area contributed by atoms with E-state index in [0.29, 0.717) is 19.3 Å². The number of aliphatic hydroxyl groups excluding tert-OH is 1. The van der Waals surface area contributed by atoms with Gasteiger partial charge >= 0.3 is 0 Å². The number of aliphatic hydroxyl groups is 1. The highest BCUT2D eigenvalue weighted by Crippen LogP contribution is 2.33. The van der Waals surface area contributed by atoms with Crippen molar-refractivity contribution in [3.05, 3.63) is 17.6 Å². The van der Waals surface area contributed by atoms with Gasteiger partial charge in [-0.25, -0.2) is 9.97 Å². The molecule has 0 amide bonds. The number of ether oxygens (including phenoxy) is 1. The highest BCUT2D eigenvalue weighted by molar-refractivity contribution is 5.43. The fraction of sp³-hybridized carbons (Fsp3) is 0.750. The maximum absolute atomic E-state index is 10.3. The average molecular weight is 291 g/mol. The molecule has 1 N–H and O–H groups in total. The molecule has 0 aromatic carbocycles. The van der Waals surface area contributed by atoms with Crippen molar-refractivity contribution in [1.29, 1.82) is 0 Å². The van der Waals surface area contributed by atoms with Crippen LogP contribution in [0.3, 0.4) is 0 Å². The van der Waals surface area contributed by atoms with Crippen molar-refractivity contribution in [2.75, 3.05) is 24.7 Å². The lowest BCUT2D eigenvalue weighted by atomic mass is 9.89. The van der Waals surface area contributed by atoms with Crippen LogP contribution in [0.4, 0.5) is 5.82 Å². The lowest BCUT2D eigenvalue weighted by molar-refractivity contribution is -0.0438. The summed E-state index contributed by atoms with van der Waals surface area (Å²) in [6.07, 6.45) is 3.67. The second kappa shape index (κ2) is 6.28. The summed E-state index contributed by atoms with van der Waals surface area (Å²) in [5, 5.41) is 10.3. The Labute approximate surface area is 126 Å². The van der Waals surface area contributed by atoms with Crippen LogP contribution in [0.5, 0.6) is 0 Å². The zero-order chi connectivity index (χ0) is 14.8. The molecule has 5 nitrogen and oxygen atoms in total. The Bertz CT molecular complexity index is 494. The van der Waals surface area contributed by atoms with Crippen LogP contribution in [-0.4, -0.2) is 47.0 Å². The second-order valence-corrected chi connectivity index (χ2v) is 6.12. The Hall–Kier alpha value is -1.20. The van der Waals surface area contributed by atoms with Gasteiger partial charge in [0.25, 0.3) is 0 Å². The van der Waals surface area contributed by atoms with E-state index in [0.717, 1.165) is 49.6 Å². The fourth-order valence-corrected chi connectivity index (χ4v) is 3.58. The fourth-order valence-electron chi connectivity index (χ4n) is 3.58. The zero-order valence-corrected chi connectivity index (χ0v) is 13.0. The molecular formula is C16H25N3O2. The summed E-state index contributed by atoms with van der Waals surface area (Å²) in [4.78, 5) is 11.4. The van der Waals surface area contributed by atoms with Crippen LogP contribution in [0, 0.1) is 12.8 Å². The van der Waals surface area contributed by atoms with Gasteiger partial charge in [0.1, 0.15) is 11.6 Å². The van der Waals surface area contributed by atoms with Gasteiger partial charge < -0.3 is 14.7 Å². The number of hydrogen-bond acceptors (Lipinski definition) is 5. The topological polar surface area (TPSA) is 58.5 Å². The largest absolute Gasteiger partial charge is 0.393 e. The molecule has 2 fully saturated rings. The van der Waals surface area contributed by atoms with Gasteiger partial charge in [0.15, 0.2) is 0 Å². The van der Waals surface area contributed by atoms with E-state index in [2.05, 4.69) is 27.9 Å². The Balaban J connectivity index is 1.84. The molecule has 3 atom stereocenters. The minimum absolute atomic E-state index is 0.196. The summed E-state index contributed by atoms with van der Waals surface area (Å²) in [5.41, 5.74) is 1.09. The molecule has 2 saturated heterocycles. The van der Waals surface area contributed by atoms with Crippen LogP contribution in [0.25, 0.3) is 0 Å². The zero-order valence-electron chi connectivity index (χ0n) is 13.0. The molecule has 116 valence electrons. The number of anilines is 1. The predicted octanol–water partition coefficient (Wildman–Crippen LogP) is 1.71. The van der Waals surface area contributed by atoms with Crippen molar-refractivity contribution < 1.29 is 9.84 Å². The van der Waals surface area contributed by atoms with Crippen LogP contribution in [0.15, 0.2) is 6.07 Å². The molecule has 1 aromatic rings. The third-order valence-electron chi connectivity index (χ3n) is 4.69. The average Bonchev–Trinajstić information content (AvgIpc) is 2.96. The Kier molecular flexibility index (Phi) is 4.40. The summed E-state index contributed by atoms with van der Waals surface area (Å²) in [6.45, 7) is 6.41. The Morgan fingerprint density at radius 2 is 2.24 bits per heavy atom. The van der Waals surface area contributed by atoms with E-state index in [-0.39, 0.29) is 12.0 Å². The van der Waals surface area contributed by atoms with Crippen molar-refractivity contribution in [1.82, 2.24) is 9.97 Å². The minimum atomic E-state index is -0.252. The van der Waals surface area contributed by atoms with Gasteiger partial charge in [-0.05, 0) is 32.6 Å². The smallest absolute Gasteiger partial charge is 0.132 e. The molecule has 0 aliphatic carbocycles. The van der Waals surface area contributed by atoms with E-state index >= 15 is 0 Å². The van der Waals surface area contributed by atoms with E-state index in [9.17, 15) is 5.11 Å². The highest BCUT2D eigenvalue weighted by atomic mass is 16.5. The van der Waals surface area contributed by atoms with E-state index in [1.165, 1.54) is 0 Å². The molecule has 0 bridgehead atoms. The molecule has 0 spiro atoms. The monoisotopic (exact) mass is 291 g/mol. The minimum Gasteiger partial charge on any atom is -0.393 e. The number of hydrogen-bond donors (Lipinski definition) is 1. The van der Waals surface area contributed by atoms with Crippen molar-refractivity contribution >= 4 is 5.82 Å². The van der Waals surface area contributed by atoms with Gasteiger partial charge in [-0.3, -0.25) is 0 Å². The third-order valence-corrected chi connectivity index (χ3v) is 4.69. The standard InChI is InChI=1S/C16H25N3O2/c1-3-12-9-16(18-11(2)17-12)19-7-4-5-14(19)13-10-21-8-6-15(13)20/h9,13-15,20H,3-8,10H2,1-2H3. The maximum Gasteiger partial charge on any atom is 0.132 e. The highest BCUT2D eigenvalue weighted by Gasteiger charge is 2.38. The lowest BCUT2D eigenvalue weighted by Crippen LogP contribution is -2.46. The van der Waals surface area contributed by atoms with Crippen LogP contribution in [0.2, 0.25) is 0 Å². The molecule has 1 aromatic heterocycles. The van der Waals surface area contributed by atoms with E-state index in [1.54, 1.807) is 0 Å². The third kappa shape index (κ3) is 3.04. The van der Waals surface area contributed by atoms with Gasteiger partial charge in [-0.2, -0.15) is 0 Å². The molecule has 0 radical (unpaired) electrons. The lowest BCUT2D eigenvalue weighted by Gasteiger charge is -2.37. The summed E-state index contributed by atoms with van der Waals surface area (Å²) in [6, 6.07) is 2.43. The van der Waals surface area contributed by atoms with E-state index in [4.69, 9.17) is 4.74 Å². The van der Waals surface area contributed by atoms with Crippen LogP contribution < -0.4 is 4.90 Å². The van der Waals surface area contributed by atoms with Gasteiger partial charge in [0.2, 0.25) is 0 Å². The van der Waals surface area contributed by atoms with Gasteiger partial charge in [0, 0.05) is 36.9 Å². The molecule has 2 aliphatic rings. The van der Waals surface area contributed by atoms with Crippen molar-refractivity contribution in [2.24, 2.45) is 5.92 Å². The first kappa shape index (κ1) is 14.7. The van der Waals surface area contributed by atoms with E-state index in [1.807, 2.05) is 6.92 Å². The first-order valence-electron chi connectivity index (χ1n) is 8.06. The second-order valence-electron chi connectivity index (χ2n) is 6.12. The van der Waals surface area contributed by atoms with Crippen molar-refractivity contribution in [3.63, 3.8) is 0 Å². The number of aromatic nitrogens is 2. The van der Waals surface area contributed by atoms with Gasteiger partial charge in [-0.1, -0.05) is 6.92 Å². The number of rotatable bonds is 3. The quantitative estimate of drug-likeness (QED) is 0.919. The van der Waals surface area contributed by atoms with Crippen molar-refractivity contribution in [2.45, 2.75) is 51.7 Å². The SMILES string of the molecule is CCc1cc(N2CCCC2C2COCCC2O)nc(C)n1. The first-order valence-corrected chi connectivity index (χ1v) is 8.06. The predicted molar refractivity (Wildman–Crippen MR) is 81.4 cm³/mol. The Morgan fingerprint density at radius 1 is 1.38 bits per heavy atom. The molecule has 21 heavy (non-hydrogen) atoms. The number of nitrogens with zero attached hydrogens (tertiary/aromatic N) is 3. The number of aryl methyl sites for hydroxylation is 2. The van der Waals surface area contributed by atoms with Gasteiger partial charge in [-0.15, -0.1) is 0 Å². The molecule has 5 heteroatoms. The molecule has 3 rings (SSSR count). The molecule has 2 aliphatic heterocycles. The Morgan fingerprint density at radius 3 is 3.00 bits per heavy atom. The summed E-state index contributed by atoms with van der Waals surface area (Å²) in [5.74, 6) is 2.04. The molecular weight excluding hydrogens is 266 g/mol. The van der Waals surface area contributed by atoms with Crippen molar-refractivity contribution in [3.8, 4) is 0 Å². The summed E-state index contributed by atoms with van der Waals surface area (Å²) in [7, 11) is 0. The van der Waals surface area contributed by atoms with Crippen LogP contribution in [-0.2, 0) is 11.2 Å². The molecule has 0 saturated carbocycles.